The maximum Gasteiger partial charge on any atom is 0.265 e. The van der Waals surface area contributed by atoms with E-state index in [2.05, 4.69) is 5.32 Å². The number of benzene rings is 1. The van der Waals surface area contributed by atoms with Gasteiger partial charge in [-0.3, -0.25) is 0 Å². The molecule has 0 spiro atoms. The lowest BCUT2D eigenvalue weighted by Gasteiger charge is -2.11. The normalized spacial score (nSPS) is 10.6. The highest BCUT2D eigenvalue weighted by atomic mass is 19.3. The Morgan fingerprint density at radius 2 is 2.07 bits per heavy atom. The smallest absolute Gasteiger partial charge is 0.265 e. The van der Waals surface area contributed by atoms with Gasteiger partial charge in [0.05, 0.1) is 0 Å². The molecule has 0 aliphatic carbocycles. The first-order chi connectivity index (χ1) is 6.65. The van der Waals surface area contributed by atoms with Gasteiger partial charge in [-0.15, -0.1) is 0 Å². The molecule has 0 heterocycles. The lowest BCUT2D eigenvalue weighted by Crippen LogP contribution is -2.14. The van der Waals surface area contributed by atoms with Crippen LogP contribution < -0.4 is 16.8 Å². The van der Waals surface area contributed by atoms with E-state index in [1.807, 2.05) is 0 Å². The first-order valence-electron chi connectivity index (χ1n) is 4.26. The molecule has 0 fully saturated rings. The van der Waals surface area contributed by atoms with Gasteiger partial charge in [0.15, 0.2) is 0 Å². The fraction of sp³-hybridized carbons (Fsp3) is 0.333. The quantitative estimate of drug-likeness (QED) is 0.648. The second-order valence-electron chi connectivity index (χ2n) is 2.86. The van der Waals surface area contributed by atoms with Gasteiger partial charge in [0.1, 0.15) is 0 Å². The molecule has 0 saturated carbocycles. The van der Waals surface area contributed by atoms with E-state index in [1.165, 1.54) is 12.1 Å². The van der Waals surface area contributed by atoms with Crippen LogP contribution in [0.25, 0.3) is 0 Å². The summed E-state index contributed by atoms with van der Waals surface area (Å²) in [6, 6.07) is 4.38. The van der Waals surface area contributed by atoms with Gasteiger partial charge in [-0.05, 0) is 18.2 Å². The van der Waals surface area contributed by atoms with Gasteiger partial charge in [-0.25, -0.2) is 8.78 Å². The molecule has 0 atom stereocenters. The van der Waals surface area contributed by atoms with E-state index in [0.717, 1.165) is 0 Å². The Bertz CT molecular complexity index is 302. The molecule has 1 aromatic carbocycles. The van der Waals surface area contributed by atoms with Crippen molar-refractivity contribution in [1.82, 2.24) is 0 Å². The van der Waals surface area contributed by atoms with Crippen molar-refractivity contribution in [3.63, 3.8) is 0 Å². The van der Waals surface area contributed by atoms with Crippen LogP contribution in [0.5, 0.6) is 0 Å². The summed E-state index contributed by atoms with van der Waals surface area (Å²) in [5, 5.41) is 2.81. The molecule has 0 aliphatic heterocycles. The molecule has 0 unspecified atom stereocenters. The molecule has 1 aromatic rings. The van der Waals surface area contributed by atoms with E-state index in [1.54, 1.807) is 6.07 Å². The number of anilines is 2. The van der Waals surface area contributed by atoms with Crippen LogP contribution in [0.1, 0.15) is 12.0 Å². The highest BCUT2D eigenvalue weighted by Crippen LogP contribution is 2.28. The SMILES string of the molecule is NCCNc1ccc(N)cc1C(F)F. The van der Waals surface area contributed by atoms with Crippen molar-refractivity contribution in [3.05, 3.63) is 23.8 Å². The van der Waals surface area contributed by atoms with E-state index in [9.17, 15) is 8.78 Å². The number of alkyl halides is 2. The predicted molar refractivity (Wildman–Crippen MR) is 53.4 cm³/mol. The maximum absolute atomic E-state index is 12.5. The van der Waals surface area contributed by atoms with Gasteiger partial charge in [0.2, 0.25) is 0 Å². The van der Waals surface area contributed by atoms with E-state index in [0.29, 0.717) is 24.5 Å². The van der Waals surface area contributed by atoms with Crippen molar-refractivity contribution in [1.29, 1.82) is 0 Å². The number of hydrogen-bond donors (Lipinski definition) is 3. The zero-order valence-electron chi connectivity index (χ0n) is 7.63. The Morgan fingerprint density at radius 1 is 1.36 bits per heavy atom. The van der Waals surface area contributed by atoms with Gasteiger partial charge >= 0.3 is 0 Å². The average Bonchev–Trinajstić information content (AvgIpc) is 2.15. The second kappa shape index (κ2) is 4.76. The van der Waals surface area contributed by atoms with Crippen molar-refractivity contribution in [2.45, 2.75) is 6.43 Å². The van der Waals surface area contributed by atoms with Gasteiger partial charge in [-0.1, -0.05) is 0 Å². The molecule has 14 heavy (non-hydrogen) atoms. The molecule has 0 amide bonds. The van der Waals surface area contributed by atoms with E-state index < -0.39 is 6.43 Å². The Labute approximate surface area is 81.1 Å². The molecule has 5 N–H and O–H groups in total. The zero-order chi connectivity index (χ0) is 10.6. The van der Waals surface area contributed by atoms with Crippen LogP contribution in [0.4, 0.5) is 20.2 Å². The number of hydrogen-bond acceptors (Lipinski definition) is 3. The van der Waals surface area contributed by atoms with Crippen molar-refractivity contribution in [3.8, 4) is 0 Å². The van der Waals surface area contributed by atoms with Crippen LogP contribution in [-0.4, -0.2) is 13.1 Å². The Morgan fingerprint density at radius 3 is 2.64 bits per heavy atom. The average molecular weight is 201 g/mol. The topological polar surface area (TPSA) is 64.1 Å². The Balaban J connectivity index is 2.90. The summed E-state index contributed by atoms with van der Waals surface area (Å²) in [5.41, 5.74) is 11.3. The van der Waals surface area contributed by atoms with Crippen LogP contribution in [0, 0.1) is 0 Å². The van der Waals surface area contributed by atoms with Crippen molar-refractivity contribution in [2.75, 3.05) is 24.1 Å². The van der Waals surface area contributed by atoms with Gasteiger partial charge in [-0.2, -0.15) is 0 Å². The summed E-state index contributed by atoms with van der Waals surface area (Å²) >= 11 is 0. The molecule has 0 radical (unpaired) electrons. The monoisotopic (exact) mass is 201 g/mol. The van der Waals surface area contributed by atoms with Crippen molar-refractivity contribution in [2.24, 2.45) is 5.73 Å². The standard InChI is InChI=1S/C9H13F2N3/c10-9(11)7-5-6(13)1-2-8(7)14-4-3-12/h1-2,5,9,14H,3-4,12-13H2. The fourth-order valence-corrected chi connectivity index (χ4v) is 1.13. The first kappa shape index (κ1) is 10.7. The van der Waals surface area contributed by atoms with Gasteiger partial charge in [0, 0.05) is 30.0 Å². The second-order valence-corrected chi connectivity index (χ2v) is 2.86. The van der Waals surface area contributed by atoms with Crippen LogP contribution in [0.15, 0.2) is 18.2 Å². The Hall–Kier alpha value is -1.36. The van der Waals surface area contributed by atoms with Crippen molar-refractivity contribution >= 4 is 11.4 Å². The largest absolute Gasteiger partial charge is 0.399 e. The summed E-state index contributed by atoms with van der Waals surface area (Å²) < 4.78 is 25.0. The third-order valence-electron chi connectivity index (χ3n) is 1.77. The summed E-state index contributed by atoms with van der Waals surface area (Å²) in [6.07, 6.45) is -2.53. The number of nitrogens with two attached hydrogens (primary N) is 2. The molecule has 0 aromatic heterocycles. The summed E-state index contributed by atoms with van der Waals surface area (Å²) in [4.78, 5) is 0. The lowest BCUT2D eigenvalue weighted by atomic mass is 10.1. The number of rotatable bonds is 4. The minimum Gasteiger partial charge on any atom is -0.399 e. The molecule has 0 aliphatic rings. The van der Waals surface area contributed by atoms with Gasteiger partial charge < -0.3 is 16.8 Å². The lowest BCUT2D eigenvalue weighted by molar-refractivity contribution is 0.152. The highest BCUT2D eigenvalue weighted by molar-refractivity contribution is 5.58. The van der Waals surface area contributed by atoms with Crippen LogP contribution >= 0.6 is 0 Å². The predicted octanol–water partition coefficient (Wildman–Crippen LogP) is 1.58. The van der Waals surface area contributed by atoms with E-state index >= 15 is 0 Å². The molecule has 1 rings (SSSR count). The minimum absolute atomic E-state index is 0.0848. The third-order valence-corrected chi connectivity index (χ3v) is 1.77. The minimum atomic E-state index is -2.53. The first-order valence-corrected chi connectivity index (χ1v) is 4.26. The van der Waals surface area contributed by atoms with E-state index in [4.69, 9.17) is 11.5 Å². The van der Waals surface area contributed by atoms with E-state index in [-0.39, 0.29) is 5.56 Å². The molecular formula is C9H13F2N3. The van der Waals surface area contributed by atoms with Crippen molar-refractivity contribution < 1.29 is 8.78 Å². The number of nitrogen functional groups attached to an aromatic ring is 1. The molecular weight excluding hydrogens is 188 g/mol. The van der Waals surface area contributed by atoms with Crippen LogP contribution in [0.3, 0.4) is 0 Å². The molecule has 3 nitrogen and oxygen atoms in total. The summed E-state index contributed by atoms with van der Waals surface area (Å²) in [7, 11) is 0. The summed E-state index contributed by atoms with van der Waals surface area (Å²) in [5.74, 6) is 0. The Kier molecular flexibility index (Phi) is 3.64. The fourth-order valence-electron chi connectivity index (χ4n) is 1.13. The zero-order valence-corrected chi connectivity index (χ0v) is 7.63. The molecule has 0 saturated heterocycles. The number of nitrogens with one attached hydrogen (secondary N) is 1. The van der Waals surface area contributed by atoms with Crippen LogP contribution in [-0.2, 0) is 0 Å². The van der Waals surface area contributed by atoms with Crippen LogP contribution in [0.2, 0.25) is 0 Å². The maximum atomic E-state index is 12.5. The molecule has 5 heteroatoms. The number of halogens is 2. The summed E-state index contributed by atoms with van der Waals surface area (Å²) in [6.45, 7) is 0.858. The molecule has 78 valence electrons. The molecule has 0 bridgehead atoms. The highest BCUT2D eigenvalue weighted by Gasteiger charge is 2.12. The van der Waals surface area contributed by atoms with Gasteiger partial charge in [0.25, 0.3) is 6.43 Å². The third kappa shape index (κ3) is 2.56.